The summed E-state index contributed by atoms with van der Waals surface area (Å²) < 4.78 is 33.3. The van der Waals surface area contributed by atoms with Gasteiger partial charge in [-0.15, -0.1) is 0 Å². The predicted octanol–water partition coefficient (Wildman–Crippen LogP) is 1.57. The molecule has 2 saturated heterocycles. The number of rotatable bonds is 5. The van der Waals surface area contributed by atoms with E-state index in [4.69, 9.17) is 4.74 Å². The summed E-state index contributed by atoms with van der Waals surface area (Å²) in [5.41, 5.74) is -0.706. The van der Waals surface area contributed by atoms with Gasteiger partial charge in [-0.05, 0) is 30.9 Å². The van der Waals surface area contributed by atoms with E-state index < -0.39 is 35.3 Å². The lowest BCUT2D eigenvalue weighted by Gasteiger charge is -2.38. The average molecular weight is 423 g/mol. The van der Waals surface area contributed by atoms with Crippen molar-refractivity contribution >= 4 is 17.7 Å². The standard InChI is InChI=1S/C21H27F2N3O4/c1-13(2)18(24-19(27)17-14(22)5-3-6-15(17)23)21(29)26-10-8-25(9-11-26)20(28)16-7-4-12-30-16/h3,5-6,13,16,18H,4,7-12H2,1-2H3,(H,24,27)/t16-,18-/m1/s1. The molecule has 2 heterocycles. The van der Waals surface area contributed by atoms with Gasteiger partial charge in [0, 0.05) is 32.8 Å². The van der Waals surface area contributed by atoms with Gasteiger partial charge in [-0.1, -0.05) is 19.9 Å². The third kappa shape index (κ3) is 4.77. The molecule has 0 unspecified atom stereocenters. The van der Waals surface area contributed by atoms with Gasteiger partial charge in [0.05, 0.1) is 0 Å². The van der Waals surface area contributed by atoms with Crippen molar-refractivity contribution in [2.24, 2.45) is 5.92 Å². The Bertz CT molecular complexity index is 783. The number of nitrogens with one attached hydrogen (secondary N) is 1. The number of carbonyl (C=O) groups excluding carboxylic acids is 3. The zero-order valence-corrected chi connectivity index (χ0v) is 17.2. The number of halogens is 2. The van der Waals surface area contributed by atoms with Crippen LogP contribution in [0.2, 0.25) is 0 Å². The molecule has 7 nitrogen and oxygen atoms in total. The lowest BCUT2D eigenvalue weighted by Crippen LogP contribution is -2.58. The number of nitrogens with zero attached hydrogens (tertiary/aromatic N) is 2. The Kier molecular flexibility index (Phi) is 7.02. The SMILES string of the molecule is CC(C)[C@@H](NC(=O)c1c(F)cccc1F)C(=O)N1CCN(C(=O)[C@H]2CCCO2)CC1. The second-order valence-corrected chi connectivity index (χ2v) is 7.94. The third-order valence-electron chi connectivity index (χ3n) is 5.52. The molecule has 1 aromatic rings. The summed E-state index contributed by atoms with van der Waals surface area (Å²) >= 11 is 0. The topological polar surface area (TPSA) is 79.0 Å². The number of piperazine rings is 1. The average Bonchev–Trinajstić information content (AvgIpc) is 3.25. The van der Waals surface area contributed by atoms with E-state index in [2.05, 4.69) is 5.32 Å². The number of amides is 3. The van der Waals surface area contributed by atoms with E-state index in [0.29, 0.717) is 39.2 Å². The molecule has 3 rings (SSSR count). The van der Waals surface area contributed by atoms with Crippen molar-refractivity contribution in [1.82, 2.24) is 15.1 Å². The van der Waals surface area contributed by atoms with Gasteiger partial charge in [-0.25, -0.2) is 8.78 Å². The highest BCUT2D eigenvalue weighted by Gasteiger charge is 2.35. The maximum atomic E-state index is 13.9. The summed E-state index contributed by atoms with van der Waals surface area (Å²) in [7, 11) is 0. The Balaban J connectivity index is 1.62. The molecule has 164 valence electrons. The fraction of sp³-hybridized carbons (Fsp3) is 0.571. The quantitative estimate of drug-likeness (QED) is 0.780. The fourth-order valence-electron chi connectivity index (χ4n) is 3.76. The van der Waals surface area contributed by atoms with Crippen molar-refractivity contribution in [2.75, 3.05) is 32.8 Å². The normalized spacial score (nSPS) is 20.4. The number of benzene rings is 1. The van der Waals surface area contributed by atoms with Crippen LogP contribution in [0.4, 0.5) is 8.78 Å². The number of hydrogen-bond acceptors (Lipinski definition) is 4. The molecule has 0 aromatic heterocycles. The lowest BCUT2D eigenvalue weighted by atomic mass is 10.0. The van der Waals surface area contributed by atoms with Gasteiger partial charge in [0.1, 0.15) is 29.3 Å². The summed E-state index contributed by atoms with van der Waals surface area (Å²) in [6.07, 6.45) is 1.19. The number of ether oxygens (including phenoxy) is 1. The van der Waals surface area contributed by atoms with Crippen LogP contribution in [0.1, 0.15) is 37.0 Å². The van der Waals surface area contributed by atoms with Crippen LogP contribution >= 0.6 is 0 Å². The third-order valence-corrected chi connectivity index (χ3v) is 5.52. The molecule has 2 aliphatic heterocycles. The van der Waals surface area contributed by atoms with Gasteiger partial charge in [-0.3, -0.25) is 14.4 Å². The van der Waals surface area contributed by atoms with Gasteiger partial charge in [0.2, 0.25) is 5.91 Å². The monoisotopic (exact) mass is 423 g/mol. The molecule has 2 atom stereocenters. The van der Waals surface area contributed by atoms with E-state index in [9.17, 15) is 23.2 Å². The van der Waals surface area contributed by atoms with Crippen molar-refractivity contribution in [3.63, 3.8) is 0 Å². The Hall–Kier alpha value is -2.55. The van der Waals surface area contributed by atoms with Crippen molar-refractivity contribution in [3.05, 3.63) is 35.4 Å². The van der Waals surface area contributed by atoms with Crippen LogP contribution in [-0.4, -0.2) is 72.5 Å². The Labute approximate surface area is 174 Å². The van der Waals surface area contributed by atoms with Crippen LogP contribution in [0.15, 0.2) is 18.2 Å². The maximum absolute atomic E-state index is 13.9. The first kappa shape index (κ1) is 22.1. The zero-order chi connectivity index (χ0) is 21.8. The minimum Gasteiger partial charge on any atom is -0.368 e. The number of carbonyl (C=O) groups is 3. The minimum absolute atomic E-state index is 0.0525. The summed E-state index contributed by atoms with van der Waals surface area (Å²) in [4.78, 5) is 41.2. The highest BCUT2D eigenvalue weighted by Crippen LogP contribution is 2.18. The molecular weight excluding hydrogens is 396 g/mol. The minimum atomic E-state index is -0.983. The van der Waals surface area contributed by atoms with Gasteiger partial charge in [-0.2, -0.15) is 0 Å². The maximum Gasteiger partial charge on any atom is 0.257 e. The summed E-state index contributed by atoms with van der Waals surface area (Å²) in [5.74, 6) is -3.61. The van der Waals surface area contributed by atoms with Crippen LogP contribution in [0, 0.1) is 17.6 Å². The molecule has 2 aliphatic rings. The van der Waals surface area contributed by atoms with E-state index in [0.717, 1.165) is 18.6 Å². The molecule has 0 saturated carbocycles. The lowest BCUT2D eigenvalue weighted by molar-refractivity contribution is -0.146. The van der Waals surface area contributed by atoms with E-state index in [1.54, 1.807) is 23.6 Å². The first-order chi connectivity index (χ1) is 14.3. The van der Waals surface area contributed by atoms with Crippen molar-refractivity contribution in [3.8, 4) is 0 Å². The molecule has 9 heteroatoms. The zero-order valence-electron chi connectivity index (χ0n) is 17.2. The molecule has 0 radical (unpaired) electrons. The molecule has 3 amide bonds. The van der Waals surface area contributed by atoms with Crippen LogP contribution < -0.4 is 5.32 Å². The van der Waals surface area contributed by atoms with E-state index in [1.165, 1.54) is 6.07 Å². The first-order valence-electron chi connectivity index (χ1n) is 10.2. The molecular formula is C21H27F2N3O4. The van der Waals surface area contributed by atoms with Gasteiger partial charge >= 0.3 is 0 Å². The number of hydrogen-bond donors (Lipinski definition) is 1. The largest absolute Gasteiger partial charge is 0.368 e. The van der Waals surface area contributed by atoms with Crippen LogP contribution in [-0.2, 0) is 14.3 Å². The molecule has 0 aliphatic carbocycles. The fourth-order valence-corrected chi connectivity index (χ4v) is 3.76. The van der Waals surface area contributed by atoms with Gasteiger partial charge in [0.15, 0.2) is 0 Å². The summed E-state index contributed by atoms with van der Waals surface area (Å²) in [6.45, 7) is 5.49. The molecule has 1 N–H and O–H groups in total. The van der Waals surface area contributed by atoms with E-state index >= 15 is 0 Å². The van der Waals surface area contributed by atoms with Gasteiger partial charge < -0.3 is 19.9 Å². The molecule has 0 spiro atoms. The smallest absolute Gasteiger partial charge is 0.257 e. The summed E-state index contributed by atoms with van der Waals surface area (Å²) in [6, 6.07) is 2.23. The van der Waals surface area contributed by atoms with Crippen molar-refractivity contribution in [2.45, 2.75) is 38.8 Å². The van der Waals surface area contributed by atoms with Crippen LogP contribution in [0.25, 0.3) is 0 Å². The van der Waals surface area contributed by atoms with Crippen molar-refractivity contribution < 1.29 is 27.9 Å². The van der Waals surface area contributed by atoms with Gasteiger partial charge in [0.25, 0.3) is 11.8 Å². The Morgan fingerprint density at radius 2 is 1.67 bits per heavy atom. The second-order valence-electron chi connectivity index (χ2n) is 7.94. The molecule has 1 aromatic carbocycles. The second kappa shape index (κ2) is 9.51. The highest BCUT2D eigenvalue weighted by molar-refractivity contribution is 5.98. The summed E-state index contributed by atoms with van der Waals surface area (Å²) in [5, 5.41) is 2.48. The van der Waals surface area contributed by atoms with Crippen LogP contribution in [0.5, 0.6) is 0 Å². The van der Waals surface area contributed by atoms with E-state index in [1.807, 2.05) is 0 Å². The van der Waals surface area contributed by atoms with Crippen LogP contribution in [0.3, 0.4) is 0 Å². The molecule has 0 bridgehead atoms. The van der Waals surface area contributed by atoms with Crippen molar-refractivity contribution in [1.29, 1.82) is 0 Å². The Morgan fingerprint density at radius 3 is 2.20 bits per heavy atom. The molecule has 2 fully saturated rings. The predicted molar refractivity (Wildman–Crippen MR) is 105 cm³/mol. The highest BCUT2D eigenvalue weighted by atomic mass is 19.1. The Morgan fingerprint density at radius 1 is 1.07 bits per heavy atom. The molecule has 30 heavy (non-hydrogen) atoms. The van der Waals surface area contributed by atoms with E-state index in [-0.39, 0.29) is 17.7 Å². The first-order valence-corrected chi connectivity index (χ1v) is 10.2.